The zero-order valence-electron chi connectivity index (χ0n) is 20.7. The van der Waals surface area contributed by atoms with Gasteiger partial charge in [0, 0.05) is 23.8 Å². The first kappa shape index (κ1) is 28.7. The summed E-state index contributed by atoms with van der Waals surface area (Å²) >= 11 is 1.55. The van der Waals surface area contributed by atoms with Crippen LogP contribution in [0.4, 0.5) is 10.2 Å². The van der Waals surface area contributed by atoms with Crippen LogP contribution in [0.2, 0.25) is 0 Å². The van der Waals surface area contributed by atoms with Crippen LogP contribution in [0.5, 0.6) is 0 Å². The van der Waals surface area contributed by atoms with Gasteiger partial charge < -0.3 is 10.4 Å². The summed E-state index contributed by atoms with van der Waals surface area (Å²) in [7, 11) is 0. The van der Waals surface area contributed by atoms with Gasteiger partial charge in [-0.25, -0.2) is 14.2 Å². The van der Waals surface area contributed by atoms with E-state index in [2.05, 4.69) is 69.2 Å². The number of nitrogens with zero attached hydrogens (tertiary/aromatic N) is 1. The first-order chi connectivity index (χ1) is 15.7. The number of carboxylic acid groups (broad SMARTS) is 1. The number of rotatable bonds is 15. The molecule has 0 saturated heterocycles. The summed E-state index contributed by atoms with van der Waals surface area (Å²) in [5, 5.41) is 12.3. The minimum Gasteiger partial charge on any atom is -0.480 e. The second kappa shape index (κ2) is 16.3. The van der Waals surface area contributed by atoms with Gasteiger partial charge in [0.15, 0.2) is 0 Å². The number of halogens is 1. The molecule has 0 aliphatic rings. The van der Waals surface area contributed by atoms with E-state index in [1.165, 1.54) is 40.6 Å². The molecule has 0 bridgehead atoms. The van der Waals surface area contributed by atoms with Gasteiger partial charge in [0.2, 0.25) is 0 Å². The largest absolute Gasteiger partial charge is 0.480 e. The highest BCUT2D eigenvalue weighted by atomic mass is 32.2. The number of pyridine rings is 1. The number of hydrogen-bond acceptors (Lipinski definition) is 4. The summed E-state index contributed by atoms with van der Waals surface area (Å²) in [5.41, 5.74) is 5.44. The predicted molar refractivity (Wildman–Crippen MR) is 140 cm³/mol. The number of thioether (sulfide) groups is 1. The zero-order valence-corrected chi connectivity index (χ0v) is 21.5. The smallest absolute Gasteiger partial charge is 0.327 e. The molecule has 1 aromatic heterocycles. The molecule has 0 spiro atoms. The Kier molecular flexibility index (Phi) is 14.2. The summed E-state index contributed by atoms with van der Waals surface area (Å²) in [6.07, 6.45) is 15.5. The zero-order chi connectivity index (χ0) is 24.6. The van der Waals surface area contributed by atoms with E-state index in [9.17, 15) is 14.3 Å². The normalized spacial score (nSPS) is 12.8. The molecule has 0 aliphatic carbocycles. The fourth-order valence-corrected chi connectivity index (χ4v) is 3.97. The SMILES string of the molecule is CC(C)=CCCC(C)=CCCC(=CCSCC(Nc1cc(F)ccn1)C(=O)O)CC=C(C)C. The average Bonchev–Trinajstić information content (AvgIpc) is 2.73. The fraction of sp³-hybridized carbons (Fsp3) is 0.481. The predicted octanol–water partition coefficient (Wildman–Crippen LogP) is 7.57. The van der Waals surface area contributed by atoms with Crippen molar-refractivity contribution in [3.05, 3.63) is 70.7 Å². The third-order valence-electron chi connectivity index (χ3n) is 4.94. The molecule has 0 aromatic carbocycles. The molecule has 0 radical (unpaired) electrons. The number of carbonyl (C=O) groups is 1. The van der Waals surface area contributed by atoms with Gasteiger partial charge in [-0.05, 0) is 72.8 Å². The molecular formula is C27H39FN2O2S. The van der Waals surface area contributed by atoms with Gasteiger partial charge in [-0.15, -0.1) is 0 Å². The molecule has 0 saturated carbocycles. The highest BCUT2D eigenvalue weighted by Gasteiger charge is 2.17. The average molecular weight is 475 g/mol. The minimum atomic E-state index is -0.976. The van der Waals surface area contributed by atoms with Gasteiger partial charge in [0.25, 0.3) is 0 Å². The lowest BCUT2D eigenvalue weighted by Crippen LogP contribution is -2.32. The molecule has 182 valence electrons. The standard InChI is InChI=1S/C27H39FN2O2S/c1-20(2)8-6-9-22(5)10-7-11-23(13-12-21(3)4)15-17-33-19-25(27(31)32)30-26-18-24(28)14-16-29-26/h8,10,12,14-16,18,25H,6-7,9,11,13,17,19H2,1-5H3,(H,29,30)(H,31,32). The first-order valence-corrected chi connectivity index (χ1v) is 12.6. The highest BCUT2D eigenvalue weighted by Crippen LogP contribution is 2.18. The summed E-state index contributed by atoms with van der Waals surface area (Å²) < 4.78 is 13.3. The molecule has 2 N–H and O–H groups in total. The van der Waals surface area contributed by atoms with Crippen LogP contribution in [-0.4, -0.2) is 33.6 Å². The number of allylic oxidation sites excluding steroid dienone is 7. The molecule has 1 atom stereocenters. The maximum Gasteiger partial charge on any atom is 0.327 e. The Labute approximate surface area is 203 Å². The maximum atomic E-state index is 13.3. The van der Waals surface area contributed by atoms with Gasteiger partial charge in [0.1, 0.15) is 17.7 Å². The molecule has 0 fully saturated rings. The molecule has 0 amide bonds. The number of nitrogens with one attached hydrogen (secondary N) is 1. The Bertz CT molecular complexity index is 867. The van der Waals surface area contributed by atoms with Gasteiger partial charge in [-0.1, -0.05) is 46.6 Å². The van der Waals surface area contributed by atoms with Crippen molar-refractivity contribution in [3.63, 3.8) is 0 Å². The van der Waals surface area contributed by atoms with Crippen LogP contribution in [0.1, 0.15) is 66.7 Å². The van der Waals surface area contributed by atoms with E-state index in [4.69, 9.17) is 0 Å². The quantitative estimate of drug-likeness (QED) is 0.203. The van der Waals surface area contributed by atoms with Crippen molar-refractivity contribution in [2.45, 2.75) is 72.8 Å². The second-order valence-electron chi connectivity index (χ2n) is 8.69. The van der Waals surface area contributed by atoms with Crippen molar-refractivity contribution >= 4 is 23.5 Å². The van der Waals surface area contributed by atoms with Crippen LogP contribution in [0, 0.1) is 5.82 Å². The van der Waals surface area contributed by atoms with Crippen LogP contribution in [0.3, 0.4) is 0 Å². The second-order valence-corrected chi connectivity index (χ2v) is 9.76. The van der Waals surface area contributed by atoms with Crippen molar-refractivity contribution in [2.24, 2.45) is 0 Å². The number of aromatic nitrogens is 1. The lowest BCUT2D eigenvalue weighted by Gasteiger charge is -2.14. The Morgan fingerprint density at radius 2 is 1.79 bits per heavy atom. The van der Waals surface area contributed by atoms with Gasteiger partial charge in [-0.2, -0.15) is 11.8 Å². The number of hydrogen-bond donors (Lipinski definition) is 2. The Hall–Kier alpha value is -2.34. The number of anilines is 1. The molecule has 4 nitrogen and oxygen atoms in total. The van der Waals surface area contributed by atoms with Crippen LogP contribution in [0.15, 0.2) is 64.9 Å². The Morgan fingerprint density at radius 3 is 2.42 bits per heavy atom. The van der Waals surface area contributed by atoms with Crippen LogP contribution < -0.4 is 5.32 Å². The van der Waals surface area contributed by atoms with Crippen molar-refractivity contribution in [2.75, 3.05) is 16.8 Å². The molecule has 1 aromatic rings. The summed E-state index contributed by atoms with van der Waals surface area (Å²) in [5.74, 6) is -0.0939. The fourth-order valence-electron chi connectivity index (χ4n) is 3.02. The maximum absolute atomic E-state index is 13.3. The van der Waals surface area contributed by atoms with Crippen LogP contribution in [-0.2, 0) is 4.79 Å². The van der Waals surface area contributed by atoms with Crippen molar-refractivity contribution in [1.29, 1.82) is 0 Å². The van der Waals surface area contributed by atoms with Crippen molar-refractivity contribution in [3.8, 4) is 0 Å². The molecule has 1 heterocycles. The first-order valence-electron chi connectivity index (χ1n) is 11.5. The van der Waals surface area contributed by atoms with Crippen molar-refractivity contribution in [1.82, 2.24) is 4.98 Å². The molecule has 1 unspecified atom stereocenters. The van der Waals surface area contributed by atoms with Gasteiger partial charge >= 0.3 is 5.97 Å². The lowest BCUT2D eigenvalue weighted by atomic mass is 10.0. The van der Waals surface area contributed by atoms with E-state index in [0.717, 1.165) is 37.9 Å². The number of aliphatic carboxylic acids is 1. The molecule has 1 rings (SSSR count). The third kappa shape index (κ3) is 14.4. The van der Waals surface area contributed by atoms with E-state index in [0.29, 0.717) is 5.75 Å². The summed E-state index contributed by atoms with van der Waals surface area (Å²) in [6.45, 7) is 10.7. The Morgan fingerprint density at radius 1 is 1.09 bits per heavy atom. The van der Waals surface area contributed by atoms with E-state index >= 15 is 0 Å². The summed E-state index contributed by atoms with van der Waals surface area (Å²) in [6, 6.07) is 1.60. The van der Waals surface area contributed by atoms with Gasteiger partial charge in [-0.3, -0.25) is 0 Å². The Balaban J connectivity index is 2.61. The lowest BCUT2D eigenvalue weighted by molar-refractivity contribution is -0.137. The van der Waals surface area contributed by atoms with E-state index in [-0.39, 0.29) is 5.82 Å². The summed E-state index contributed by atoms with van der Waals surface area (Å²) in [4.78, 5) is 15.6. The number of carboxylic acids is 1. The minimum absolute atomic E-state index is 0.231. The third-order valence-corrected chi connectivity index (χ3v) is 5.91. The van der Waals surface area contributed by atoms with E-state index in [1.807, 2.05) is 0 Å². The monoisotopic (exact) mass is 474 g/mol. The molecule has 6 heteroatoms. The van der Waals surface area contributed by atoms with E-state index in [1.54, 1.807) is 11.8 Å². The highest BCUT2D eigenvalue weighted by molar-refractivity contribution is 7.99. The van der Waals surface area contributed by atoms with Crippen LogP contribution >= 0.6 is 11.8 Å². The topological polar surface area (TPSA) is 62.2 Å². The van der Waals surface area contributed by atoms with Crippen LogP contribution in [0.25, 0.3) is 0 Å². The van der Waals surface area contributed by atoms with Gasteiger partial charge in [0.05, 0.1) is 0 Å². The van der Waals surface area contributed by atoms with Crippen molar-refractivity contribution < 1.29 is 14.3 Å². The molecule has 33 heavy (non-hydrogen) atoms. The molecular weight excluding hydrogens is 435 g/mol. The van der Waals surface area contributed by atoms with E-state index < -0.39 is 17.8 Å². The molecule has 0 aliphatic heterocycles.